The molecule has 0 fully saturated rings. The first kappa shape index (κ1) is 17.9. The van der Waals surface area contributed by atoms with E-state index in [0.717, 1.165) is 16.8 Å². The number of rotatable bonds is 5. The SMILES string of the molecule is CC(C)C(O)CNC(=O)c1cn(-c2cccc(C(F)(F)F)c2)nn1. The summed E-state index contributed by atoms with van der Waals surface area (Å²) in [4.78, 5) is 11.9. The number of halogens is 3. The van der Waals surface area contributed by atoms with Crippen molar-refractivity contribution in [3.63, 3.8) is 0 Å². The van der Waals surface area contributed by atoms with Gasteiger partial charge in [-0.2, -0.15) is 13.2 Å². The smallest absolute Gasteiger partial charge is 0.391 e. The lowest BCUT2D eigenvalue weighted by Gasteiger charge is -2.14. The van der Waals surface area contributed by atoms with Crippen LogP contribution in [0.15, 0.2) is 30.5 Å². The minimum absolute atomic E-state index is 0.0221. The maximum Gasteiger partial charge on any atom is 0.416 e. The van der Waals surface area contributed by atoms with Gasteiger partial charge in [0.1, 0.15) is 0 Å². The maximum absolute atomic E-state index is 12.7. The van der Waals surface area contributed by atoms with Crippen molar-refractivity contribution in [3.05, 3.63) is 41.7 Å². The Kier molecular flexibility index (Phi) is 5.23. The summed E-state index contributed by atoms with van der Waals surface area (Å²) in [6.07, 6.45) is -3.94. The number of amides is 1. The number of carbonyl (C=O) groups is 1. The largest absolute Gasteiger partial charge is 0.416 e. The minimum atomic E-state index is -4.47. The van der Waals surface area contributed by atoms with E-state index < -0.39 is 23.8 Å². The first-order valence-corrected chi connectivity index (χ1v) is 7.24. The minimum Gasteiger partial charge on any atom is -0.391 e. The normalized spacial score (nSPS) is 13.1. The van der Waals surface area contributed by atoms with Gasteiger partial charge < -0.3 is 10.4 Å². The van der Waals surface area contributed by atoms with E-state index in [0.29, 0.717) is 0 Å². The Hall–Kier alpha value is -2.42. The van der Waals surface area contributed by atoms with Crippen LogP contribution >= 0.6 is 0 Å². The molecule has 9 heteroatoms. The molecule has 0 saturated heterocycles. The van der Waals surface area contributed by atoms with Crippen molar-refractivity contribution in [2.45, 2.75) is 26.1 Å². The molecule has 0 radical (unpaired) electrons. The third kappa shape index (κ3) is 4.31. The van der Waals surface area contributed by atoms with Crippen LogP contribution in [0, 0.1) is 5.92 Å². The molecule has 1 unspecified atom stereocenters. The zero-order valence-corrected chi connectivity index (χ0v) is 13.1. The van der Waals surface area contributed by atoms with E-state index in [4.69, 9.17) is 0 Å². The summed E-state index contributed by atoms with van der Waals surface area (Å²) in [5.74, 6) is -0.584. The van der Waals surface area contributed by atoms with Crippen LogP contribution in [0.4, 0.5) is 13.2 Å². The van der Waals surface area contributed by atoms with Crippen molar-refractivity contribution >= 4 is 5.91 Å². The fourth-order valence-corrected chi connectivity index (χ4v) is 1.84. The van der Waals surface area contributed by atoms with Crippen molar-refractivity contribution in [3.8, 4) is 5.69 Å². The number of carbonyl (C=O) groups excluding carboxylic acids is 1. The van der Waals surface area contributed by atoms with Gasteiger partial charge in [0.25, 0.3) is 5.91 Å². The molecule has 2 rings (SSSR count). The number of benzene rings is 1. The van der Waals surface area contributed by atoms with E-state index in [2.05, 4.69) is 15.6 Å². The van der Waals surface area contributed by atoms with Crippen molar-refractivity contribution < 1.29 is 23.1 Å². The summed E-state index contributed by atoms with van der Waals surface area (Å²) in [5.41, 5.74) is -0.733. The molecule has 2 aromatic rings. The van der Waals surface area contributed by atoms with E-state index in [1.807, 2.05) is 0 Å². The molecule has 1 atom stereocenters. The molecule has 0 saturated carbocycles. The molecule has 24 heavy (non-hydrogen) atoms. The molecule has 1 heterocycles. The highest BCUT2D eigenvalue weighted by atomic mass is 19.4. The summed E-state index contributed by atoms with van der Waals surface area (Å²) in [6.45, 7) is 3.66. The topological polar surface area (TPSA) is 80.0 Å². The van der Waals surface area contributed by atoms with Crippen LogP contribution in [-0.2, 0) is 6.18 Å². The molecule has 1 amide bonds. The molecule has 6 nitrogen and oxygen atoms in total. The molecule has 0 bridgehead atoms. The Morgan fingerprint density at radius 2 is 2.08 bits per heavy atom. The first-order valence-electron chi connectivity index (χ1n) is 7.24. The molecule has 1 aromatic carbocycles. The van der Waals surface area contributed by atoms with Gasteiger partial charge in [-0.15, -0.1) is 5.10 Å². The third-order valence-corrected chi connectivity index (χ3v) is 3.41. The summed E-state index contributed by atoms with van der Waals surface area (Å²) in [7, 11) is 0. The Bertz CT molecular complexity index is 713. The lowest BCUT2D eigenvalue weighted by Crippen LogP contribution is -2.34. The van der Waals surface area contributed by atoms with Gasteiger partial charge in [0.05, 0.1) is 23.6 Å². The van der Waals surface area contributed by atoms with Crippen LogP contribution in [0.3, 0.4) is 0 Å². The predicted molar refractivity (Wildman–Crippen MR) is 79.5 cm³/mol. The summed E-state index contributed by atoms with van der Waals surface area (Å²) < 4.78 is 39.3. The lowest BCUT2D eigenvalue weighted by molar-refractivity contribution is -0.137. The highest BCUT2D eigenvalue weighted by Crippen LogP contribution is 2.30. The quantitative estimate of drug-likeness (QED) is 0.871. The van der Waals surface area contributed by atoms with Gasteiger partial charge in [-0.3, -0.25) is 4.79 Å². The molecule has 0 aliphatic heterocycles. The summed E-state index contributed by atoms with van der Waals surface area (Å²) >= 11 is 0. The van der Waals surface area contributed by atoms with Crippen LogP contribution < -0.4 is 5.32 Å². The van der Waals surface area contributed by atoms with Gasteiger partial charge in [-0.05, 0) is 24.1 Å². The Balaban J connectivity index is 2.12. The second-order valence-corrected chi connectivity index (χ2v) is 5.62. The maximum atomic E-state index is 12.7. The van der Waals surface area contributed by atoms with Crippen molar-refractivity contribution in [1.29, 1.82) is 0 Å². The van der Waals surface area contributed by atoms with Crippen LogP contribution in [0.25, 0.3) is 5.69 Å². The van der Waals surface area contributed by atoms with Crippen LogP contribution in [0.2, 0.25) is 0 Å². The Labute approximate surface area is 136 Å². The molecule has 0 aliphatic rings. The van der Waals surface area contributed by atoms with Gasteiger partial charge in [0.2, 0.25) is 0 Å². The second-order valence-electron chi connectivity index (χ2n) is 5.62. The Morgan fingerprint density at radius 3 is 2.71 bits per heavy atom. The molecule has 2 N–H and O–H groups in total. The van der Waals surface area contributed by atoms with E-state index in [1.165, 1.54) is 18.3 Å². The number of alkyl halides is 3. The molecular formula is C15H17F3N4O2. The van der Waals surface area contributed by atoms with Crippen LogP contribution in [0.5, 0.6) is 0 Å². The molecular weight excluding hydrogens is 325 g/mol. The first-order chi connectivity index (χ1) is 11.2. The summed E-state index contributed by atoms with van der Waals surface area (Å²) in [6, 6.07) is 4.53. The number of aromatic nitrogens is 3. The number of hydrogen-bond acceptors (Lipinski definition) is 4. The standard InChI is InChI=1S/C15H17F3N4O2/c1-9(2)13(23)7-19-14(24)12-8-22(21-20-12)11-5-3-4-10(6-11)15(16,17)18/h3-6,8-9,13,23H,7H2,1-2H3,(H,19,24). The zero-order valence-electron chi connectivity index (χ0n) is 13.1. The average Bonchev–Trinajstić information content (AvgIpc) is 3.01. The van der Waals surface area contributed by atoms with Crippen molar-refractivity contribution in [2.24, 2.45) is 5.92 Å². The third-order valence-electron chi connectivity index (χ3n) is 3.41. The summed E-state index contributed by atoms with van der Waals surface area (Å²) in [5, 5.41) is 19.5. The van der Waals surface area contributed by atoms with Crippen LogP contribution in [0.1, 0.15) is 29.9 Å². The average molecular weight is 342 g/mol. The highest BCUT2D eigenvalue weighted by molar-refractivity contribution is 5.91. The number of aliphatic hydroxyl groups is 1. The fraction of sp³-hybridized carbons (Fsp3) is 0.400. The monoisotopic (exact) mass is 342 g/mol. The van der Waals surface area contributed by atoms with E-state index in [9.17, 15) is 23.1 Å². The number of hydrogen-bond donors (Lipinski definition) is 2. The Morgan fingerprint density at radius 1 is 1.38 bits per heavy atom. The van der Waals surface area contributed by atoms with Crippen molar-refractivity contribution in [1.82, 2.24) is 20.3 Å². The molecule has 1 aromatic heterocycles. The second kappa shape index (κ2) is 7.00. The van der Waals surface area contributed by atoms with Gasteiger partial charge in [0, 0.05) is 6.54 Å². The van der Waals surface area contributed by atoms with E-state index in [-0.39, 0.29) is 23.8 Å². The molecule has 0 spiro atoms. The lowest BCUT2D eigenvalue weighted by atomic mass is 10.1. The van der Waals surface area contributed by atoms with Gasteiger partial charge in [0.15, 0.2) is 5.69 Å². The number of nitrogens with one attached hydrogen (secondary N) is 1. The zero-order chi connectivity index (χ0) is 17.9. The predicted octanol–water partition coefficient (Wildman–Crippen LogP) is 2.03. The van der Waals surface area contributed by atoms with Crippen molar-refractivity contribution in [2.75, 3.05) is 6.54 Å². The fourth-order valence-electron chi connectivity index (χ4n) is 1.84. The molecule has 0 aliphatic carbocycles. The number of nitrogens with zero attached hydrogens (tertiary/aromatic N) is 3. The van der Waals surface area contributed by atoms with Gasteiger partial charge in [-0.1, -0.05) is 25.1 Å². The molecule has 130 valence electrons. The number of aliphatic hydroxyl groups excluding tert-OH is 1. The van der Waals surface area contributed by atoms with E-state index in [1.54, 1.807) is 13.8 Å². The van der Waals surface area contributed by atoms with E-state index >= 15 is 0 Å². The van der Waals surface area contributed by atoms with Gasteiger partial charge >= 0.3 is 6.18 Å². The van der Waals surface area contributed by atoms with Gasteiger partial charge in [-0.25, -0.2) is 4.68 Å². The van der Waals surface area contributed by atoms with Crippen LogP contribution in [-0.4, -0.2) is 38.7 Å². The highest BCUT2D eigenvalue weighted by Gasteiger charge is 2.30.